The van der Waals surface area contributed by atoms with Crippen LogP contribution in [0.2, 0.25) is 0 Å². The summed E-state index contributed by atoms with van der Waals surface area (Å²) in [5.74, 6) is -0.376. The highest BCUT2D eigenvalue weighted by Crippen LogP contribution is 2.22. The highest BCUT2D eigenvalue weighted by molar-refractivity contribution is 9.10. The van der Waals surface area contributed by atoms with Crippen molar-refractivity contribution in [2.24, 2.45) is 0 Å². The van der Waals surface area contributed by atoms with Gasteiger partial charge < -0.3 is 20.5 Å². The van der Waals surface area contributed by atoms with Gasteiger partial charge in [-0.3, -0.25) is 0 Å². The molecule has 7 heteroatoms. The Hall–Kier alpha value is -1.18. The Labute approximate surface area is 119 Å². The molecular weight excluding hydrogens is 319 g/mol. The summed E-state index contributed by atoms with van der Waals surface area (Å²) in [4.78, 5) is 11.5. The lowest BCUT2D eigenvalue weighted by Crippen LogP contribution is -2.30. The molecule has 5 nitrogen and oxygen atoms in total. The molecule has 0 bridgehead atoms. The summed E-state index contributed by atoms with van der Waals surface area (Å²) in [5.41, 5.74) is 0.496. The van der Waals surface area contributed by atoms with Crippen molar-refractivity contribution in [3.05, 3.63) is 28.5 Å². The minimum absolute atomic E-state index is 0.00743. The van der Waals surface area contributed by atoms with E-state index < -0.39 is 0 Å². The number of carbonyl (C=O) groups excluding carboxylic acids is 1. The number of halogens is 2. The molecule has 2 amide bonds. The van der Waals surface area contributed by atoms with Crippen LogP contribution in [0.1, 0.15) is 6.42 Å². The normalized spacial score (nSPS) is 10.3. The third-order valence-corrected chi connectivity index (χ3v) is 2.82. The Morgan fingerprint density at radius 2 is 2.21 bits per heavy atom. The fraction of sp³-hybridized carbons (Fsp3) is 0.417. The number of hydrogen-bond donors (Lipinski definition) is 3. The van der Waals surface area contributed by atoms with E-state index in [4.69, 9.17) is 9.84 Å². The van der Waals surface area contributed by atoms with E-state index in [1.165, 1.54) is 18.2 Å². The van der Waals surface area contributed by atoms with Crippen molar-refractivity contribution in [3.8, 4) is 0 Å². The number of aliphatic hydroxyl groups excluding tert-OH is 1. The molecule has 0 aliphatic rings. The molecule has 0 unspecified atom stereocenters. The van der Waals surface area contributed by atoms with Crippen LogP contribution in [0.15, 0.2) is 22.7 Å². The number of carbonyl (C=O) groups is 1. The molecule has 3 N–H and O–H groups in total. The van der Waals surface area contributed by atoms with Gasteiger partial charge in [0.15, 0.2) is 0 Å². The first-order valence-corrected chi connectivity index (χ1v) is 6.61. The van der Waals surface area contributed by atoms with E-state index in [0.717, 1.165) is 0 Å². The Morgan fingerprint density at radius 1 is 1.42 bits per heavy atom. The fourth-order valence-electron chi connectivity index (χ4n) is 1.30. The summed E-state index contributed by atoms with van der Waals surface area (Å²) in [6.45, 7) is 1.22. The first-order valence-electron chi connectivity index (χ1n) is 5.82. The summed E-state index contributed by atoms with van der Waals surface area (Å²) in [7, 11) is 0. The van der Waals surface area contributed by atoms with Crippen LogP contribution in [0.4, 0.5) is 14.9 Å². The van der Waals surface area contributed by atoms with Gasteiger partial charge in [0.1, 0.15) is 5.82 Å². The van der Waals surface area contributed by atoms with Crippen molar-refractivity contribution in [2.45, 2.75) is 6.42 Å². The van der Waals surface area contributed by atoms with Gasteiger partial charge in [0.25, 0.3) is 0 Å². The number of urea groups is 1. The maximum atomic E-state index is 12.8. The summed E-state index contributed by atoms with van der Waals surface area (Å²) >= 11 is 3.16. The van der Waals surface area contributed by atoms with E-state index in [1.54, 1.807) is 0 Å². The molecule has 0 radical (unpaired) electrons. The second kappa shape index (κ2) is 8.84. The number of hydrogen-bond acceptors (Lipinski definition) is 3. The molecule has 1 aromatic rings. The summed E-state index contributed by atoms with van der Waals surface area (Å²) in [6.07, 6.45) is 0.651. The zero-order valence-corrected chi connectivity index (χ0v) is 11.9. The number of rotatable bonds is 7. The van der Waals surface area contributed by atoms with Crippen molar-refractivity contribution in [2.75, 3.05) is 31.7 Å². The number of anilines is 1. The maximum absolute atomic E-state index is 12.8. The minimum atomic E-state index is -0.376. The molecule has 0 saturated carbocycles. The fourth-order valence-corrected chi connectivity index (χ4v) is 1.75. The smallest absolute Gasteiger partial charge is 0.319 e. The summed E-state index contributed by atoms with van der Waals surface area (Å²) in [6, 6.07) is 3.65. The van der Waals surface area contributed by atoms with E-state index in [9.17, 15) is 9.18 Å². The monoisotopic (exact) mass is 334 g/mol. The van der Waals surface area contributed by atoms with Crippen molar-refractivity contribution >= 4 is 27.6 Å². The lowest BCUT2D eigenvalue weighted by atomic mass is 10.3. The van der Waals surface area contributed by atoms with E-state index in [0.29, 0.717) is 36.3 Å². The van der Waals surface area contributed by atoms with E-state index in [2.05, 4.69) is 26.6 Å². The molecule has 0 aromatic heterocycles. The lowest BCUT2D eigenvalue weighted by molar-refractivity contribution is 0.0910. The number of ether oxygens (including phenoxy) is 1. The van der Waals surface area contributed by atoms with Crippen LogP contribution in [0.25, 0.3) is 0 Å². The quantitative estimate of drug-likeness (QED) is 0.669. The second-order valence-corrected chi connectivity index (χ2v) is 4.55. The minimum Gasteiger partial charge on any atom is -0.394 e. The second-order valence-electron chi connectivity index (χ2n) is 3.69. The highest BCUT2D eigenvalue weighted by atomic mass is 79.9. The van der Waals surface area contributed by atoms with Crippen molar-refractivity contribution in [3.63, 3.8) is 0 Å². The third kappa shape index (κ3) is 6.51. The van der Waals surface area contributed by atoms with Crippen LogP contribution in [-0.4, -0.2) is 37.5 Å². The summed E-state index contributed by atoms with van der Waals surface area (Å²) in [5, 5.41) is 13.7. The van der Waals surface area contributed by atoms with Crippen LogP contribution in [0.3, 0.4) is 0 Å². The molecule has 19 heavy (non-hydrogen) atoms. The highest BCUT2D eigenvalue weighted by Gasteiger charge is 2.05. The zero-order valence-electron chi connectivity index (χ0n) is 10.3. The van der Waals surface area contributed by atoms with Crippen LogP contribution < -0.4 is 10.6 Å². The average molecular weight is 335 g/mol. The van der Waals surface area contributed by atoms with Gasteiger partial charge in [0.2, 0.25) is 0 Å². The number of aliphatic hydroxyl groups is 1. The molecule has 0 saturated heterocycles. The van der Waals surface area contributed by atoms with Crippen LogP contribution in [-0.2, 0) is 4.74 Å². The lowest BCUT2D eigenvalue weighted by Gasteiger charge is -2.09. The van der Waals surface area contributed by atoms with Gasteiger partial charge in [-0.25, -0.2) is 9.18 Å². The van der Waals surface area contributed by atoms with Gasteiger partial charge >= 0.3 is 6.03 Å². The Balaban J connectivity index is 2.23. The largest absolute Gasteiger partial charge is 0.394 e. The molecule has 0 aliphatic carbocycles. The number of benzene rings is 1. The third-order valence-electron chi connectivity index (χ3n) is 2.17. The SMILES string of the molecule is O=C(NCCCOCCO)Nc1ccc(F)cc1Br. The first kappa shape index (κ1) is 15.9. The Bertz CT molecular complexity index is 418. The molecule has 0 atom stereocenters. The van der Waals surface area contributed by atoms with Crippen molar-refractivity contribution in [1.82, 2.24) is 5.32 Å². The molecule has 0 spiro atoms. The van der Waals surface area contributed by atoms with Gasteiger partial charge in [0.05, 0.1) is 18.9 Å². The molecule has 0 aliphatic heterocycles. The van der Waals surface area contributed by atoms with Crippen LogP contribution in [0.5, 0.6) is 0 Å². The number of nitrogens with one attached hydrogen (secondary N) is 2. The van der Waals surface area contributed by atoms with Gasteiger partial charge in [-0.1, -0.05) is 0 Å². The predicted octanol–water partition coefficient (Wildman–Crippen LogP) is 2.11. The Morgan fingerprint density at radius 3 is 2.89 bits per heavy atom. The molecule has 106 valence electrons. The average Bonchev–Trinajstić information content (AvgIpc) is 2.37. The predicted molar refractivity (Wildman–Crippen MR) is 73.6 cm³/mol. The maximum Gasteiger partial charge on any atom is 0.319 e. The molecule has 1 rings (SSSR count). The topological polar surface area (TPSA) is 70.6 Å². The first-order chi connectivity index (χ1) is 9.13. The van der Waals surface area contributed by atoms with E-state index in [-0.39, 0.29) is 18.5 Å². The van der Waals surface area contributed by atoms with Gasteiger partial charge in [-0.05, 0) is 40.5 Å². The summed E-state index contributed by atoms with van der Waals surface area (Å²) < 4.78 is 18.4. The molecule has 0 fully saturated rings. The zero-order chi connectivity index (χ0) is 14.1. The molecule has 0 heterocycles. The van der Waals surface area contributed by atoms with Gasteiger partial charge in [-0.15, -0.1) is 0 Å². The van der Waals surface area contributed by atoms with E-state index >= 15 is 0 Å². The van der Waals surface area contributed by atoms with Crippen molar-refractivity contribution in [1.29, 1.82) is 0 Å². The Kier molecular flexibility index (Phi) is 7.39. The number of amides is 2. The van der Waals surface area contributed by atoms with Gasteiger partial charge in [0, 0.05) is 17.6 Å². The molecular formula is C12H16BrFN2O3. The van der Waals surface area contributed by atoms with Crippen molar-refractivity contribution < 1.29 is 19.0 Å². The molecule has 1 aromatic carbocycles. The van der Waals surface area contributed by atoms with E-state index in [1.807, 2.05) is 0 Å². The van der Waals surface area contributed by atoms with Crippen LogP contribution >= 0.6 is 15.9 Å². The van der Waals surface area contributed by atoms with Gasteiger partial charge in [-0.2, -0.15) is 0 Å². The van der Waals surface area contributed by atoms with Crippen LogP contribution in [0, 0.1) is 5.82 Å². The standard InChI is InChI=1S/C12H16BrFN2O3/c13-10-8-9(14)2-3-11(10)16-12(18)15-4-1-6-19-7-5-17/h2-3,8,17H,1,4-7H2,(H2,15,16,18).